The Morgan fingerprint density at radius 3 is 2.81 bits per heavy atom. The summed E-state index contributed by atoms with van der Waals surface area (Å²) in [5.74, 6) is -1.63. The van der Waals surface area contributed by atoms with Gasteiger partial charge in [0.1, 0.15) is 0 Å². The van der Waals surface area contributed by atoms with E-state index in [2.05, 4.69) is 4.98 Å². The number of H-pyrrole nitrogens is 1. The van der Waals surface area contributed by atoms with E-state index in [9.17, 15) is 19.2 Å². The first-order valence-corrected chi connectivity index (χ1v) is 10.3. The fraction of sp³-hybridized carbons (Fsp3) is 0.529. The molecule has 2 bridgehead atoms. The molecule has 2 aliphatic carbocycles. The fourth-order valence-electron chi connectivity index (χ4n) is 5.09. The van der Waals surface area contributed by atoms with E-state index >= 15 is 0 Å². The van der Waals surface area contributed by atoms with Crippen LogP contribution in [0.2, 0.25) is 0 Å². The van der Waals surface area contributed by atoms with Gasteiger partial charge < -0.3 is 10.1 Å². The van der Waals surface area contributed by atoms with Gasteiger partial charge in [-0.15, -0.1) is 0 Å². The number of hydrogen-bond acceptors (Lipinski definition) is 6. The van der Waals surface area contributed by atoms with Crippen molar-refractivity contribution in [3.05, 3.63) is 20.1 Å². The van der Waals surface area contributed by atoms with E-state index in [0.717, 1.165) is 16.3 Å². The van der Waals surface area contributed by atoms with E-state index in [-0.39, 0.29) is 58.6 Å². The topological polar surface area (TPSA) is 108 Å². The summed E-state index contributed by atoms with van der Waals surface area (Å²) >= 11 is 2.79. The zero-order chi connectivity index (χ0) is 18.2. The van der Waals surface area contributed by atoms with Crippen LogP contribution in [0, 0.1) is 23.7 Å². The first kappa shape index (κ1) is 16.3. The summed E-state index contributed by atoms with van der Waals surface area (Å²) in [6, 6.07) is 0. The summed E-state index contributed by atoms with van der Waals surface area (Å²) in [7, 11) is 0. The Labute approximate surface area is 156 Å². The lowest BCUT2D eigenvalue weighted by Gasteiger charge is -2.32. The Bertz CT molecular complexity index is 932. The van der Waals surface area contributed by atoms with Gasteiger partial charge in [-0.05, 0) is 30.8 Å². The van der Waals surface area contributed by atoms with Gasteiger partial charge >= 0.3 is 10.8 Å². The lowest BCUT2D eigenvalue weighted by atomic mass is 9.77. The Morgan fingerprint density at radius 1 is 1.27 bits per heavy atom. The Kier molecular flexibility index (Phi) is 3.49. The number of carboxylic acid groups (broad SMARTS) is 1. The number of carbonyl (C=O) groups excluding carboxylic acids is 2. The van der Waals surface area contributed by atoms with Gasteiger partial charge in [-0.2, -0.15) is 0 Å². The summed E-state index contributed by atoms with van der Waals surface area (Å²) in [6.07, 6.45) is 3.14. The van der Waals surface area contributed by atoms with Gasteiger partial charge in [0.25, 0.3) is 0 Å². The normalized spacial score (nSPS) is 33.9. The molecule has 136 valence electrons. The van der Waals surface area contributed by atoms with Gasteiger partial charge in [0, 0.05) is 18.2 Å². The lowest BCUT2D eigenvalue weighted by Crippen LogP contribution is -2.35. The molecule has 26 heavy (non-hydrogen) atoms. The van der Waals surface area contributed by atoms with Crippen molar-refractivity contribution in [2.45, 2.75) is 29.5 Å². The van der Waals surface area contributed by atoms with Crippen LogP contribution < -0.4 is 4.87 Å². The fourth-order valence-corrected chi connectivity index (χ4v) is 7.53. The number of nitrogens with zero attached hydrogens (tertiary/aromatic N) is 1. The summed E-state index contributed by atoms with van der Waals surface area (Å²) in [5, 5.41) is 9.79. The number of aromatic nitrogens is 1. The minimum Gasteiger partial charge on any atom is -0.481 e. The van der Waals surface area contributed by atoms with E-state index in [1.54, 1.807) is 11.8 Å². The van der Waals surface area contributed by atoms with Crippen LogP contribution in [0.5, 0.6) is 0 Å². The van der Waals surface area contributed by atoms with E-state index < -0.39 is 5.97 Å². The number of likely N-dealkylation sites (tertiary alicyclic amines) is 1. The standard InChI is InChI=1S/C17H16N2O5S2/c20-10(21)2-1-3-19-15(22)11-6-4-8(12(11)16(19)23)13-7(6)5-9-14(26-13)18-17(24)25-9/h5-6,8,11-13H,1-4H2,(H,18,24)(H,20,21)/t6-,8+,11+,12-,13-/m0/s1. The molecule has 2 aliphatic heterocycles. The monoisotopic (exact) mass is 392 g/mol. The van der Waals surface area contributed by atoms with Crippen molar-refractivity contribution < 1.29 is 19.5 Å². The molecular weight excluding hydrogens is 376 g/mol. The number of amides is 2. The van der Waals surface area contributed by atoms with Crippen LogP contribution in [0.1, 0.15) is 24.1 Å². The van der Waals surface area contributed by atoms with Crippen LogP contribution in [-0.4, -0.2) is 44.6 Å². The second-order valence-corrected chi connectivity index (χ2v) is 9.44. The SMILES string of the molecule is O=C(O)CCCN1C(=O)[C@H]2[C@H]3C[C@@H](C4=Cc5sc(=O)[nH]c5S[C@@H]43)[C@H]2C1=O. The number of aromatic amines is 1. The predicted molar refractivity (Wildman–Crippen MR) is 94.7 cm³/mol. The molecule has 0 spiro atoms. The molecule has 0 radical (unpaired) electrons. The van der Waals surface area contributed by atoms with Gasteiger partial charge in [-0.25, -0.2) is 0 Å². The molecule has 3 heterocycles. The first-order chi connectivity index (χ1) is 12.5. The number of rotatable bonds is 4. The number of nitrogens with one attached hydrogen (secondary N) is 1. The molecule has 2 saturated carbocycles. The summed E-state index contributed by atoms with van der Waals surface area (Å²) in [4.78, 5) is 53.0. The highest BCUT2D eigenvalue weighted by Gasteiger charge is 2.66. The average molecular weight is 392 g/mol. The smallest absolute Gasteiger partial charge is 0.305 e. The molecule has 0 unspecified atom stereocenters. The number of thiazole rings is 1. The second kappa shape index (κ2) is 5.56. The zero-order valence-corrected chi connectivity index (χ0v) is 15.3. The maximum atomic E-state index is 12.9. The minimum atomic E-state index is -0.919. The van der Waals surface area contributed by atoms with Crippen LogP contribution in [0.25, 0.3) is 6.08 Å². The van der Waals surface area contributed by atoms with Crippen molar-refractivity contribution in [3.63, 3.8) is 0 Å². The van der Waals surface area contributed by atoms with Crippen molar-refractivity contribution in [2.24, 2.45) is 23.7 Å². The third kappa shape index (κ3) is 2.13. The van der Waals surface area contributed by atoms with Gasteiger partial charge in [0.15, 0.2) is 0 Å². The molecule has 1 aromatic heterocycles. The van der Waals surface area contributed by atoms with Crippen molar-refractivity contribution in [2.75, 3.05) is 6.54 Å². The highest BCUT2D eigenvalue weighted by molar-refractivity contribution is 8.00. The summed E-state index contributed by atoms with van der Waals surface area (Å²) in [6.45, 7) is 0.188. The Hall–Kier alpha value is -1.87. The number of fused-ring (bicyclic) bond motifs is 9. The van der Waals surface area contributed by atoms with Crippen LogP contribution in [0.15, 0.2) is 15.4 Å². The molecule has 2 amide bonds. The van der Waals surface area contributed by atoms with E-state index in [1.165, 1.54) is 21.8 Å². The molecular formula is C17H16N2O5S2. The highest BCUT2D eigenvalue weighted by Crippen LogP contribution is 2.64. The predicted octanol–water partition coefficient (Wildman–Crippen LogP) is 1.41. The second-order valence-electron chi connectivity index (χ2n) is 7.27. The van der Waals surface area contributed by atoms with E-state index in [0.29, 0.717) is 6.42 Å². The van der Waals surface area contributed by atoms with Crippen molar-refractivity contribution in [1.29, 1.82) is 0 Å². The minimum absolute atomic E-state index is 0.0452. The van der Waals surface area contributed by atoms with Crippen molar-refractivity contribution >= 4 is 47.0 Å². The largest absolute Gasteiger partial charge is 0.481 e. The Morgan fingerprint density at radius 2 is 2.04 bits per heavy atom. The molecule has 5 atom stereocenters. The number of carboxylic acids is 1. The number of imide groups is 1. The molecule has 5 rings (SSSR count). The molecule has 1 aromatic rings. The number of thioether (sulfide) groups is 1. The molecule has 0 aromatic carbocycles. The number of carbonyl (C=O) groups is 3. The molecule has 1 saturated heterocycles. The van der Waals surface area contributed by atoms with E-state index in [4.69, 9.17) is 5.11 Å². The molecule has 2 N–H and O–H groups in total. The number of aliphatic carboxylic acids is 1. The molecule has 9 heteroatoms. The van der Waals surface area contributed by atoms with Gasteiger partial charge in [0.2, 0.25) is 11.8 Å². The van der Waals surface area contributed by atoms with Crippen molar-refractivity contribution in [1.82, 2.24) is 9.88 Å². The van der Waals surface area contributed by atoms with Crippen LogP contribution in [0.3, 0.4) is 0 Å². The van der Waals surface area contributed by atoms with Crippen LogP contribution in [-0.2, 0) is 14.4 Å². The van der Waals surface area contributed by atoms with Crippen molar-refractivity contribution in [3.8, 4) is 0 Å². The van der Waals surface area contributed by atoms with Gasteiger partial charge in [-0.3, -0.25) is 24.1 Å². The molecule has 4 aliphatic rings. The number of hydrogen-bond donors (Lipinski definition) is 2. The third-order valence-electron chi connectivity index (χ3n) is 6.01. The Balaban J connectivity index is 1.43. The van der Waals surface area contributed by atoms with Gasteiger partial charge in [0.05, 0.1) is 21.7 Å². The highest BCUT2D eigenvalue weighted by atomic mass is 32.2. The average Bonchev–Trinajstić information content (AvgIpc) is 3.28. The molecule has 7 nitrogen and oxygen atoms in total. The van der Waals surface area contributed by atoms with Crippen LogP contribution in [0.4, 0.5) is 0 Å². The third-order valence-corrected chi connectivity index (χ3v) is 8.40. The summed E-state index contributed by atoms with van der Waals surface area (Å²) in [5.41, 5.74) is 1.19. The lowest BCUT2D eigenvalue weighted by molar-refractivity contribution is -0.142. The van der Waals surface area contributed by atoms with Crippen LogP contribution >= 0.6 is 23.1 Å². The summed E-state index contributed by atoms with van der Waals surface area (Å²) < 4.78 is 0. The molecule has 3 fully saturated rings. The zero-order valence-electron chi connectivity index (χ0n) is 13.6. The quantitative estimate of drug-likeness (QED) is 0.750. The maximum Gasteiger partial charge on any atom is 0.305 e. The first-order valence-electron chi connectivity index (χ1n) is 8.64. The van der Waals surface area contributed by atoms with Gasteiger partial charge in [-0.1, -0.05) is 28.7 Å². The maximum absolute atomic E-state index is 12.9. The van der Waals surface area contributed by atoms with E-state index in [1.807, 2.05) is 6.08 Å².